The van der Waals surface area contributed by atoms with Gasteiger partial charge in [-0.2, -0.15) is 0 Å². The summed E-state index contributed by atoms with van der Waals surface area (Å²) in [4.78, 5) is 22.9. The molecule has 1 heterocycles. The van der Waals surface area contributed by atoms with Gasteiger partial charge in [0.15, 0.2) is 0 Å². The second-order valence-corrected chi connectivity index (χ2v) is 4.69. The van der Waals surface area contributed by atoms with Gasteiger partial charge < -0.3 is 20.2 Å². The van der Waals surface area contributed by atoms with Gasteiger partial charge >= 0.3 is 12.0 Å². The van der Waals surface area contributed by atoms with E-state index in [0.717, 1.165) is 5.76 Å². The minimum atomic E-state index is -1.21. The summed E-state index contributed by atoms with van der Waals surface area (Å²) in [6, 6.07) is 7.45. The van der Waals surface area contributed by atoms with E-state index in [2.05, 4.69) is 10.6 Å². The molecule has 2 aromatic rings. The van der Waals surface area contributed by atoms with Crippen LogP contribution in [0.5, 0.6) is 0 Å². The fourth-order valence-electron chi connectivity index (χ4n) is 1.76. The predicted octanol–water partition coefficient (Wildman–Crippen LogP) is 3.26. The predicted molar refractivity (Wildman–Crippen MR) is 77.7 cm³/mol. The van der Waals surface area contributed by atoms with Crippen LogP contribution in [-0.4, -0.2) is 17.1 Å². The Kier molecular flexibility index (Phi) is 4.49. The van der Waals surface area contributed by atoms with Crippen molar-refractivity contribution in [2.45, 2.75) is 13.5 Å². The molecule has 1 aromatic heterocycles. The number of carbonyl (C=O) groups excluding carboxylic acids is 1. The van der Waals surface area contributed by atoms with Gasteiger partial charge in [-0.3, -0.25) is 0 Å². The minimum Gasteiger partial charge on any atom is -0.478 e. The SMILES string of the molecule is Cc1ccc(CNC(=O)Nc2cccc(Cl)c2C(=O)O)o1. The van der Waals surface area contributed by atoms with E-state index in [4.69, 9.17) is 21.1 Å². The van der Waals surface area contributed by atoms with Crippen molar-refractivity contribution in [1.29, 1.82) is 0 Å². The number of hydrogen-bond acceptors (Lipinski definition) is 3. The van der Waals surface area contributed by atoms with Gasteiger partial charge in [-0.1, -0.05) is 17.7 Å². The largest absolute Gasteiger partial charge is 0.478 e. The fraction of sp³-hybridized carbons (Fsp3) is 0.143. The molecule has 2 amide bonds. The second kappa shape index (κ2) is 6.32. The zero-order valence-electron chi connectivity index (χ0n) is 11.1. The molecule has 110 valence electrons. The summed E-state index contributed by atoms with van der Waals surface area (Å²) >= 11 is 5.82. The summed E-state index contributed by atoms with van der Waals surface area (Å²) in [6.45, 7) is 2.00. The molecule has 0 bridgehead atoms. The van der Waals surface area contributed by atoms with E-state index in [-0.39, 0.29) is 22.8 Å². The first-order valence-electron chi connectivity index (χ1n) is 6.09. The highest BCUT2D eigenvalue weighted by molar-refractivity contribution is 6.34. The van der Waals surface area contributed by atoms with Gasteiger partial charge in [0.1, 0.15) is 17.1 Å². The molecule has 0 unspecified atom stereocenters. The summed E-state index contributed by atoms with van der Waals surface area (Å²) in [5.74, 6) is 0.139. The first kappa shape index (κ1) is 14.9. The fourth-order valence-corrected chi connectivity index (χ4v) is 2.02. The zero-order chi connectivity index (χ0) is 15.4. The number of amides is 2. The number of carboxylic acid groups (broad SMARTS) is 1. The maximum absolute atomic E-state index is 11.8. The number of anilines is 1. The molecule has 0 aliphatic heterocycles. The first-order chi connectivity index (χ1) is 9.97. The standard InChI is InChI=1S/C14H13ClN2O4/c1-8-5-6-9(21-8)7-16-14(20)17-11-4-2-3-10(15)12(11)13(18)19/h2-6H,7H2,1H3,(H,18,19)(H2,16,17,20). The average Bonchev–Trinajstić information content (AvgIpc) is 2.82. The molecule has 0 aliphatic rings. The van der Waals surface area contributed by atoms with E-state index in [9.17, 15) is 9.59 Å². The Morgan fingerprint density at radius 1 is 1.29 bits per heavy atom. The number of rotatable bonds is 4. The van der Waals surface area contributed by atoms with Crippen molar-refractivity contribution in [3.8, 4) is 0 Å². The highest BCUT2D eigenvalue weighted by Gasteiger charge is 2.16. The topological polar surface area (TPSA) is 91.6 Å². The van der Waals surface area contributed by atoms with E-state index in [1.165, 1.54) is 12.1 Å². The summed E-state index contributed by atoms with van der Waals surface area (Å²) in [5.41, 5.74) is -0.0220. The Balaban J connectivity index is 2.03. The molecule has 0 saturated heterocycles. The Hall–Kier alpha value is -2.47. The Bertz CT molecular complexity index is 681. The number of aryl methyl sites for hydroxylation is 1. The molecule has 0 spiro atoms. The lowest BCUT2D eigenvalue weighted by Crippen LogP contribution is -2.28. The van der Waals surface area contributed by atoms with Crippen molar-refractivity contribution >= 4 is 29.3 Å². The van der Waals surface area contributed by atoms with Crippen LogP contribution >= 0.6 is 11.6 Å². The molecule has 0 radical (unpaired) electrons. The van der Waals surface area contributed by atoms with Crippen molar-refractivity contribution in [2.24, 2.45) is 0 Å². The van der Waals surface area contributed by atoms with Crippen molar-refractivity contribution in [3.63, 3.8) is 0 Å². The quantitative estimate of drug-likeness (QED) is 0.808. The lowest BCUT2D eigenvalue weighted by Gasteiger charge is -2.10. The van der Waals surface area contributed by atoms with E-state index in [1.807, 2.05) is 0 Å². The number of carbonyl (C=O) groups is 2. The number of urea groups is 1. The van der Waals surface area contributed by atoms with Crippen LogP contribution in [0.1, 0.15) is 21.9 Å². The van der Waals surface area contributed by atoms with Gasteiger partial charge in [0.05, 0.1) is 17.3 Å². The third kappa shape index (κ3) is 3.76. The van der Waals surface area contributed by atoms with E-state index in [0.29, 0.717) is 5.76 Å². The lowest BCUT2D eigenvalue weighted by molar-refractivity contribution is 0.0698. The zero-order valence-corrected chi connectivity index (χ0v) is 11.9. The Labute approximate surface area is 125 Å². The lowest BCUT2D eigenvalue weighted by atomic mass is 10.2. The van der Waals surface area contributed by atoms with Crippen LogP contribution in [0.2, 0.25) is 5.02 Å². The van der Waals surface area contributed by atoms with E-state index < -0.39 is 12.0 Å². The molecule has 0 fully saturated rings. The second-order valence-electron chi connectivity index (χ2n) is 4.29. The van der Waals surface area contributed by atoms with Gasteiger partial charge in [0, 0.05) is 0 Å². The monoisotopic (exact) mass is 308 g/mol. The van der Waals surface area contributed by atoms with Crippen LogP contribution in [-0.2, 0) is 6.54 Å². The molecule has 6 nitrogen and oxygen atoms in total. The van der Waals surface area contributed by atoms with Gasteiger partial charge in [-0.05, 0) is 31.2 Å². The van der Waals surface area contributed by atoms with Gasteiger partial charge in [-0.15, -0.1) is 0 Å². The number of aromatic carboxylic acids is 1. The molecular weight excluding hydrogens is 296 g/mol. The highest BCUT2D eigenvalue weighted by Crippen LogP contribution is 2.24. The van der Waals surface area contributed by atoms with E-state index in [1.54, 1.807) is 25.1 Å². The van der Waals surface area contributed by atoms with Crippen molar-refractivity contribution in [2.75, 3.05) is 5.32 Å². The number of halogens is 1. The van der Waals surface area contributed by atoms with Gasteiger partial charge in [0.25, 0.3) is 0 Å². The number of carboxylic acids is 1. The molecular formula is C14H13ClN2O4. The van der Waals surface area contributed by atoms with E-state index >= 15 is 0 Å². The molecule has 0 atom stereocenters. The molecule has 1 aromatic carbocycles. The molecule has 3 N–H and O–H groups in total. The molecule has 0 saturated carbocycles. The van der Waals surface area contributed by atoms with Crippen LogP contribution in [0.3, 0.4) is 0 Å². The van der Waals surface area contributed by atoms with Crippen LogP contribution in [0.15, 0.2) is 34.7 Å². The normalized spacial score (nSPS) is 10.2. The van der Waals surface area contributed by atoms with Crippen LogP contribution in [0.4, 0.5) is 10.5 Å². The molecule has 0 aliphatic carbocycles. The third-order valence-corrected chi connectivity index (χ3v) is 3.01. The van der Waals surface area contributed by atoms with Crippen molar-refractivity contribution < 1.29 is 19.1 Å². The average molecular weight is 309 g/mol. The Morgan fingerprint density at radius 2 is 2.05 bits per heavy atom. The van der Waals surface area contributed by atoms with Gasteiger partial charge in [0.2, 0.25) is 0 Å². The third-order valence-electron chi connectivity index (χ3n) is 2.69. The molecule has 7 heteroatoms. The van der Waals surface area contributed by atoms with Gasteiger partial charge in [-0.25, -0.2) is 9.59 Å². The molecule has 21 heavy (non-hydrogen) atoms. The van der Waals surface area contributed by atoms with Crippen molar-refractivity contribution in [3.05, 3.63) is 52.4 Å². The summed E-state index contributed by atoms with van der Waals surface area (Å²) < 4.78 is 5.31. The smallest absolute Gasteiger partial charge is 0.339 e. The van der Waals surface area contributed by atoms with Crippen LogP contribution in [0.25, 0.3) is 0 Å². The number of benzene rings is 1. The maximum atomic E-state index is 11.8. The number of furan rings is 1. The highest BCUT2D eigenvalue weighted by atomic mass is 35.5. The first-order valence-corrected chi connectivity index (χ1v) is 6.47. The summed E-state index contributed by atoms with van der Waals surface area (Å²) in [6.07, 6.45) is 0. The van der Waals surface area contributed by atoms with Crippen LogP contribution in [0, 0.1) is 6.92 Å². The van der Waals surface area contributed by atoms with Crippen molar-refractivity contribution in [1.82, 2.24) is 5.32 Å². The minimum absolute atomic E-state index is 0.0574. The maximum Gasteiger partial charge on any atom is 0.339 e. The molecule has 2 rings (SSSR count). The summed E-state index contributed by atoms with van der Waals surface area (Å²) in [5, 5.41) is 14.2. The summed E-state index contributed by atoms with van der Waals surface area (Å²) in [7, 11) is 0. The number of hydrogen-bond donors (Lipinski definition) is 3. The number of nitrogens with one attached hydrogen (secondary N) is 2. The Morgan fingerprint density at radius 3 is 2.67 bits per heavy atom. The van der Waals surface area contributed by atoms with Crippen LogP contribution < -0.4 is 10.6 Å².